The van der Waals surface area contributed by atoms with E-state index < -0.39 is 53.7 Å². The summed E-state index contributed by atoms with van der Waals surface area (Å²) >= 11 is 0. The molecule has 4 aromatic heterocycles. The number of ether oxygens (including phenoxy) is 2. The van der Waals surface area contributed by atoms with E-state index in [9.17, 15) is 24.4 Å². The Balaban J connectivity index is 1.26. The average molecular weight is 586 g/mol. The lowest BCUT2D eigenvalue weighted by Crippen LogP contribution is -2.36. The van der Waals surface area contributed by atoms with Crippen LogP contribution in [0.3, 0.4) is 0 Å². The lowest BCUT2D eigenvalue weighted by Gasteiger charge is -2.23. The summed E-state index contributed by atoms with van der Waals surface area (Å²) in [6, 6.07) is 0. The second-order valence-electron chi connectivity index (χ2n) is 8.30. The van der Waals surface area contributed by atoms with Gasteiger partial charge in [-0.15, -0.1) is 0 Å². The predicted molar refractivity (Wildman–Crippen MR) is 132 cm³/mol. The minimum absolute atomic E-state index is 0.0198. The van der Waals surface area contributed by atoms with Crippen molar-refractivity contribution in [3.05, 3.63) is 25.3 Å². The van der Waals surface area contributed by atoms with Crippen LogP contribution in [0, 0.1) is 0 Å². The number of fused-ring (bicyclic) bond motifs is 2. The summed E-state index contributed by atoms with van der Waals surface area (Å²) in [6.45, 7) is -0.274. The first-order chi connectivity index (χ1) is 18.6. The number of nitrogen functional groups attached to an aromatic ring is 2. The molecule has 5 atom stereocenters. The molecule has 0 spiro atoms. The number of aromatic nitrogens is 8. The maximum atomic E-state index is 12.9. The first-order valence-corrected chi connectivity index (χ1v) is 14.1. The molecule has 19 nitrogen and oxygen atoms in total. The number of anilines is 2. The quantitative estimate of drug-likeness (QED) is 0.0895. The number of hydrogen-bond donors (Lipinski definition) is 6. The standard InChI is InChI=1S/C18H24N10O9P2/c19-14-10-17(24-5-21-14)28(7-25-10)18-12(29)13(9(36-18)3-35-38(30)31)37-39(32,33)8-34-2-1-27-6-26-16-11(27)15(20)22-4-23-16/h4-7,9,12-13,18,29-31H,1-3,8H2,(H,32,33)(H2,19,21,24)(H2,20,22,23)/t9-,12?,13+,18-/m1/s1. The van der Waals surface area contributed by atoms with Crippen LogP contribution in [-0.2, 0) is 29.6 Å². The van der Waals surface area contributed by atoms with Crippen LogP contribution in [0.5, 0.6) is 0 Å². The highest BCUT2D eigenvalue weighted by Crippen LogP contribution is 2.48. The fraction of sp³-hybridized carbons (Fsp3) is 0.444. The minimum Gasteiger partial charge on any atom is -0.386 e. The molecule has 8 N–H and O–H groups in total. The Morgan fingerprint density at radius 1 is 1.08 bits per heavy atom. The van der Waals surface area contributed by atoms with Crippen molar-refractivity contribution in [1.82, 2.24) is 39.0 Å². The van der Waals surface area contributed by atoms with Crippen molar-refractivity contribution in [3.8, 4) is 0 Å². The van der Waals surface area contributed by atoms with Gasteiger partial charge in [-0.1, -0.05) is 0 Å². The van der Waals surface area contributed by atoms with Gasteiger partial charge in [0.05, 0.1) is 25.9 Å². The molecule has 210 valence electrons. The van der Waals surface area contributed by atoms with Gasteiger partial charge in [0.2, 0.25) is 0 Å². The third kappa shape index (κ3) is 5.82. The third-order valence-corrected chi connectivity index (χ3v) is 7.24. The van der Waals surface area contributed by atoms with Crippen LogP contribution in [0.25, 0.3) is 22.3 Å². The zero-order valence-electron chi connectivity index (χ0n) is 19.9. The SMILES string of the molecule is Nc1ncnc2c1ncn2[C@@H]1O[C@H](COP(O)O)[C@H](OP(=O)(O)COCCn2cnc3ncnc(N)c32)C1O. The van der Waals surface area contributed by atoms with Crippen molar-refractivity contribution >= 4 is 50.2 Å². The number of rotatable bonds is 11. The Hall–Kier alpha value is -2.96. The van der Waals surface area contributed by atoms with E-state index in [-0.39, 0.29) is 36.0 Å². The molecular formula is C18H24N10O9P2. The van der Waals surface area contributed by atoms with Gasteiger partial charge in [0.1, 0.15) is 48.3 Å². The predicted octanol–water partition coefficient (Wildman–Crippen LogP) is -1.14. The Morgan fingerprint density at radius 3 is 2.64 bits per heavy atom. The number of hydrogen-bond acceptors (Lipinski definition) is 16. The molecule has 5 heterocycles. The van der Waals surface area contributed by atoms with Crippen molar-refractivity contribution < 1.29 is 42.9 Å². The summed E-state index contributed by atoms with van der Waals surface area (Å²) in [6.07, 6.45) is -0.806. The number of nitrogens with zero attached hydrogens (tertiary/aromatic N) is 8. The van der Waals surface area contributed by atoms with E-state index in [4.69, 9.17) is 30.0 Å². The van der Waals surface area contributed by atoms with E-state index in [2.05, 4.69) is 29.9 Å². The second kappa shape index (κ2) is 11.3. The van der Waals surface area contributed by atoms with E-state index in [1.807, 2.05) is 0 Å². The topological polar surface area (TPSA) is 274 Å². The zero-order chi connectivity index (χ0) is 27.7. The second-order valence-corrected chi connectivity index (χ2v) is 10.8. The third-order valence-electron chi connectivity index (χ3n) is 5.78. The molecule has 0 bridgehead atoms. The highest BCUT2D eigenvalue weighted by molar-refractivity contribution is 7.52. The van der Waals surface area contributed by atoms with Gasteiger partial charge in [0, 0.05) is 6.54 Å². The monoisotopic (exact) mass is 586 g/mol. The Kier molecular flexibility index (Phi) is 7.97. The molecule has 0 aliphatic carbocycles. The molecule has 2 unspecified atom stereocenters. The number of imidazole rings is 2. The lowest BCUT2D eigenvalue weighted by molar-refractivity contribution is -0.0482. The Bertz CT molecular complexity index is 1500. The van der Waals surface area contributed by atoms with Gasteiger partial charge in [0.25, 0.3) is 0 Å². The zero-order valence-corrected chi connectivity index (χ0v) is 21.7. The van der Waals surface area contributed by atoms with E-state index in [1.165, 1.54) is 29.9 Å². The van der Waals surface area contributed by atoms with Crippen molar-refractivity contribution in [2.45, 2.75) is 31.1 Å². The van der Waals surface area contributed by atoms with Crippen molar-refractivity contribution in [1.29, 1.82) is 0 Å². The molecule has 1 fully saturated rings. The highest BCUT2D eigenvalue weighted by atomic mass is 31.2. The Morgan fingerprint density at radius 2 is 1.85 bits per heavy atom. The minimum atomic E-state index is -4.47. The molecule has 21 heteroatoms. The molecule has 0 aromatic carbocycles. The van der Waals surface area contributed by atoms with Crippen LogP contribution in [0.4, 0.5) is 11.6 Å². The summed E-state index contributed by atoms with van der Waals surface area (Å²) in [5.41, 5.74) is 13.1. The van der Waals surface area contributed by atoms with Gasteiger partial charge >= 0.3 is 16.2 Å². The van der Waals surface area contributed by atoms with Gasteiger partial charge in [-0.3, -0.25) is 13.7 Å². The number of aliphatic hydroxyl groups is 1. The van der Waals surface area contributed by atoms with Crippen molar-refractivity contribution in [2.75, 3.05) is 31.0 Å². The first-order valence-electron chi connectivity index (χ1n) is 11.2. The maximum absolute atomic E-state index is 12.9. The Labute approximate surface area is 219 Å². The fourth-order valence-corrected chi connectivity index (χ4v) is 5.42. The van der Waals surface area contributed by atoms with Crippen molar-refractivity contribution in [3.63, 3.8) is 0 Å². The molecular weight excluding hydrogens is 562 g/mol. The molecule has 0 amide bonds. The van der Waals surface area contributed by atoms with Crippen LogP contribution >= 0.6 is 16.2 Å². The summed E-state index contributed by atoms with van der Waals surface area (Å²) in [7, 11) is -7.24. The largest absolute Gasteiger partial charge is 0.386 e. The van der Waals surface area contributed by atoms with Crippen LogP contribution in [-0.4, -0.2) is 96.7 Å². The highest BCUT2D eigenvalue weighted by Gasteiger charge is 2.49. The molecule has 1 saturated heterocycles. The average Bonchev–Trinajstić information content (AvgIpc) is 3.58. The normalized spacial score (nSPS) is 23.2. The molecule has 5 rings (SSSR count). The van der Waals surface area contributed by atoms with E-state index >= 15 is 0 Å². The molecule has 4 aromatic rings. The van der Waals surface area contributed by atoms with Gasteiger partial charge in [-0.2, -0.15) is 0 Å². The number of aliphatic hydroxyl groups excluding tert-OH is 1. The first kappa shape index (κ1) is 27.6. The van der Waals surface area contributed by atoms with E-state index in [0.29, 0.717) is 11.2 Å². The van der Waals surface area contributed by atoms with Crippen LogP contribution in [0.15, 0.2) is 25.3 Å². The summed E-state index contributed by atoms with van der Waals surface area (Å²) in [5, 5.41) is 11.0. The maximum Gasteiger partial charge on any atom is 0.353 e. The van der Waals surface area contributed by atoms with E-state index in [0.717, 1.165) is 0 Å². The van der Waals surface area contributed by atoms with Crippen LogP contribution in [0.1, 0.15) is 6.23 Å². The van der Waals surface area contributed by atoms with Gasteiger partial charge in [-0.05, 0) is 0 Å². The van der Waals surface area contributed by atoms with Gasteiger partial charge in [-0.25, -0.2) is 29.9 Å². The van der Waals surface area contributed by atoms with E-state index in [1.54, 1.807) is 4.57 Å². The smallest absolute Gasteiger partial charge is 0.353 e. The van der Waals surface area contributed by atoms with Crippen LogP contribution < -0.4 is 11.5 Å². The van der Waals surface area contributed by atoms with Gasteiger partial charge < -0.3 is 49.8 Å². The fourth-order valence-electron chi connectivity index (χ4n) is 4.08. The summed E-state index contributed by atoms with van der Waals surface area (Å²) in [5.74, 6) is 0.321. The number of nitrogens with two attached hydrogens (primary N) is 2. The molecule has 1 aliphatic rings. The molecule has 0 radical (unpaired) electrons. The summed E-state index contributed by atoms with van der Waals surface area (Å²) in [4.78, 5) is 52.9. The summed E-state index contributed by atoms with van der Waals surface area (Å²) < 4.78 is 37.2. The molecule has 0 saturated carbocycles. The molecule has 39 heavy (non-hydrogen) atoms. The van der Waals surface area contributed by atoms with Gasteiger partial charge in [0.15, 0.2) is 29.2 Å². The molecule has 1 aliphatic heterocycles. The van der Waals surface area contributed by atoms with Crippen molar-refractivity contribution in [2.24, 2.45) is 0 Å². The lowest BCUT2D eigenvalue weighted by atomic mass is 10.1. The van der Waals surface area contributed by atoms with Crippen LogP contribution in [0.2, 0.25) is 0 Å².